The molecule has 3 aromatic rings. The van der Waals surface area contributed by atoms with Crippen LogP contribution in [0.15, 0.2) is 42.5 Å². The molecule has 1 unspecified atom stereocenters. The van der Waals surface area contributed by atoms with Crippen molar-refractivity contribution in [3.63, 3.8) is 0 Å². The van der Waals surface area contributed by atoms with Crippen LogP contribution in [0.4, 0.5) is 5.69 Å². The number of esters is 1. The van der Waals surface area contributed by atoms with Crippen LogP contribution in [0.3, 0.4) is 0 Å². The van der Waals surface area contributed by atoms with Gasteiger partial charge in [0.2, 0.25) is 0 Å². The average Bonchev–Trinajstić information content (AvgIpc) is 3.03. The van der Waals surface area contributed by atoms with Crippen molar-refractivity contribution in [2.75, 3.05) is 5.32 Å². The summed E-state index contributed by atoms with van der Waals surface area (Å²) in [5.74, 6) is -0.164. The molecule has 0 bridgehead atoms. The lowest BCUT2D eigenvalue weighted by atomic mass is 10.1. The monoisotopic (exact) mass is 391 g/mol. The van der Waals surface area contributed by atoms with Crippen LogP contribution in [-0.4, -0.2) is 27.9 Å². The first-order valence-electron chi connectivity index (χ1n) is 9.48. The second kappa shape index (κ2) is 8.31. The number of carbonyl (C=O) groups is 2. The number of aromatic nitrogens is 2. The van der Waals surface area contributed by atoms with Crippen molar-refractivity contribution in [3.05, 3.63) is 70.5 Å². The van der Waals surface area contributed by atoms with Crippen molar-refractivity contribution in [1.82, 2.24) is 9.97 Å². The van der Waals surface area contributed by atoms with Crippen LogP contribution in [0.25, 0.3) is 11.4 Å². The minimum atomic E-state index is -0.920. The molecule has 0 aliphatic rings. The Bertz CT molecular complexity index is 1010. The van der Waals surface area contributed by atoms with Crippen LogP contribution in [0.2, 0.25) is 0 Å². The summed E-state index contributed by atoms with van der Waals surface area (Å²) in [6.45, 7) is 9.30. The Hall–Kier alpha value is -3.41. The number of para-hydroxylation sites is 1. The molecule has 3 rings (SSSR count). The molecule has 6 heteroatoms. The molecule has 1 atom stereocenters. The van der Waals surface area contributed by atoms with Crippen LogP contribution in [-0.2, 0) is 9.53 Å². The quantitative estimate of drug-likeness (QED) is 0.628. The molecule has 150 valence electrons. The van der Waals surface area contributed by atoms with Gasteiger partial charge >= 0.3 is 5.97 Å². The van der Waals surface area contributed by atoms with Gasteiger partial charge in [0.05, 0.1) is 11.3 Å². The maximum atomic E-state index is 12.5. The summed E-state index contributed by atoms with van der Waals surface area (Å²) in [5, 5.41) is 2.84. The summed E-state index contributed by atoms with van der Waals surface area (Å²) in [4.78, 5) is 32.5. The number of hydrogen-bond donors (Lipinski definition) is 2. The molecule has 0 saturated heterocycles. The van der Waals surface area contributed by atoms with E-state index < -0.39 is 12.1 Å². The third-order valence-electron chi connectivity index (χ3n) is 4.90. The molecule has 29 heavy (non-hydrogen) atoms. The van der Waals surface area contributed by atoms with Gasteiger partial charge in [-0.05, 0) is 57.9 Å². The van der Waals surface area contributed by atoms with Gasteiger partial charge in [0.1, 0.15) is 5.82 Å². The number of ether oxygens (including phenoxy) is 1. The second-order valence-electron chi connectivity index (χ2n) is 7.18. The van der Waals surface area contributed by atoms with E-state index in [4.69, 9.17) is 4.74 Å². The standard InChI is InChI=1S/C23H25N3O3/c1-13-7-6-8-14(2)20(13)26-22(27)17(5)29-23(28)19-11-9-18(10-12-19)21-24-15(3)16(4)25-21/h6-12,17H,1-5H3,(H,24,25)(H,26,27). The van der Waals surface area contributed by atoms with Crippen molar-refractivity contribution < 1.29 is 14.3 Å². The topological polar surface area (TPSA) is 84.1 Å². The number of anilines is 1. The van der Waals surface area contributed by atoms with E-state index in [0.29, 0.717) is 5.56 Å². The summed E-state index contributed by atoms with van der Waals surface area (Å²) >= 11 is 0. The van der Waals surface area contributed by atoms with Gasteiger partial charge in [0.15, 0.2) is 6.10 Å². The Morgan fingerprint density at radius 2 is 1.62 bits per heavy atom. The maximum Gasteiger partial charge on any atom is 0.338 e. The summed E-state index contributed by atoms with van der Waals surface area (Å²) in [7, 11) is 0. The van der Waals surface area contributed by atoms with Crippen molar-refractivity contribution in [2.24, 2.45) is 0 Å². The molecule has 0 saturated carbocycles. The fourth-order valence-corrected chi connectivity index (χ4v) is 2.97. The number of aryl methyl sites for hydroxylation is 4. The zero-order valence-corrected chi connectivity index (χ0v) is 17.3. The van der Waals surface area contributed by atoms with Crippen molar-refractivity contribution in [2.45, 2.75) is 40.7 Å². The number of amides is 1. The predicted molar refractivity (Wildman–Crippen MR) is 113 cm³/mol. The first-order valence-corrected chi connectivity index (χ1v) is 9.48. The molecule has 1 heterocycles. The van der Waals surface area contributed by atoms with E-state index in [1.54, 1.807) is 31.2 Å². The molecule has 6 nitrogen and oxygen atoms in total. The Labute approximate surface area is 170 Å². The minimum absolute atomic E-state index is 0.367. The number of hydrogen-bond acceptors (Lipinski definition) is 4. The first-order chi connectivity index (χ1) is 13.8. The fraction of sp³-hybridized carbons (Fsp3) is 0.261. The SMILES string of the molecule is Cc1cccc(C)c1NC(=O)C(C)OC(=O)c1ccc(-c2nc(C)c(C)[nH]2)cc1. The third kappa shape index (κ3) is 4.54. The van der Waals surface area contributed by atoms with Crippen LogP contribution >= 0.6 is 0 Å². The van der Waals surface area contributed by atoms with Gasteiger partial charge in [-0.25, -0.2) is 9.78 Å². The lowest BCUT2D eigenvalue weighted by Crippen LogP contribution is -2.30. The number of benzene rings is 2. The highest BCUT2D eigenvalue weighted by atomic mass is 16.5. The molecule has 1 amide bonds. The molecule has 2 aromatic carbocycles. The summed E-state index contributed by atoms with van der Waals surface area (Å²) in [6, 6.07) is 12.7. The molecular weight excluding hydrogens is 366 g/mol. The van der Waals surface area contributed by atoms with E-state index in [0.717, 1.165) is 39.6 Å². The lowest BCUT2D eigenvalue weighted by Gasteiger charge is -2.16. The second-order valence-corrected chi connectivity index (χ2v) is 7.18. The summed E-state index contributed by atoms with van der Waals surface area (Å²) in [6.07, 6.45) is -0.920. The molecule has 2 N–H and O–H groups in total. The van der Waals surface area contributed by atoms with E-state index in [1.807, 2.05) is 45.9 Å². The van der Waals surface area contributed by atoms with Gasteiger partial charge in [-0.2, -0.15) is 0 Å². The zero-order chi connectivity index (χ0) is 21.1. The van der Waals surface area contributed by atoms with Crippen LogP contribution in [0.1, 0.15) is 39.8 Å². The molecule has 0 spiro atoms. The van der Waals surface area contributed by atoms with Crippen molar-refractivity contribution >= 4 is 17.6 Å². The number of H-pyrrole nitrogens is 1. The van der Waals surface area contributed by atoms with Gasteiger partial charge < -0.3 is 15.0 Å². The Morgan fingerprint density at radius 3 is 2.17 bits per heavy atom. The average molecular weight is 391 g/mol. The van der Waals surface area contributed by atoms with Gasteiger partial charge in [0, 0.05) is 16.9 Å². The van der Waals surface area contributed by atoms with E-state index in [9.17, 15) is 9.59 Å². The highest BCUT2D eigenvalue weighted by molar-refractivity contribution is 5.98. The highest BCUT2D eigenvalue weighted by Crippen LogP contribution is 2.21. The maximum absolute atomic E-state index is 12.5. The summed E-state index contributed by atoms with van der Waals surface area (Å²) in [5.41, 5.74) is 5.85. The Morgan fingerprint density at radius 1 is 1.00 bits per heavy atom. The molecule has 0 aliphatic carbocycles. The Kier molecular flexibility index (Phi) is 5.82. The highest BCUT2D eigenvalue weighted by Gasteiger charge is 2.20. The van der Waals surface area contributed by atoms with E-state index >= 15 is 0 Å². The third-order valence-corrected chi connectivity index (χ3v) is 4.90. The van der Waals surface area contributed by atoms with Gasteiger partial charge in [0.25, 0.3) is 5.91 Å². The predicted octanol–water partition coefficient (Wildman–Crippen LogP) is 4.49. The van der Waals surface area contributed by atoms with Crippen LogP contribution in [0.5, 0.6) is 0 Å². The Balaban J connectivity index is 1.65. The number of imidazole rings is 1. The van der Waals surface area contributed by atoms with E-state index in [-0.39, 0.29) is 5.91 Å². The number of nitrogens with zero attached hydrogens (tertiary/aromatic N) is 1. The van der Waals surface area contributed by atoms with Gasteiger partial charge in [-0.15, -0.1) is 0 Å². The minimum Gasteiger partial charge on any atom is -0.449 e. The normalized spacial score (nSPS) is 11.8. The number of carbonyl (C=O) groups excluding carboxylic acids is 2. The smallest absolute Gasteiger partial charge is 0.338 e. The molecular formula is C23H25N3O3. The van der Waals surface area contributed by atoms with Gasteiger partial charge in [-0.1, -0.05) is 30.3 Å². The van der Waals surface area contributed by atoms with Crippen molar-refractivity contribution in [3.8, 4) is 11.4 Å². The summed E-state index contributed by atoms with van der Waals surface area (Å²) < 4.78 is 5.34. The van der Waals surface area contributed by atoms with Gasteiger partial charge in [-0.3, -0.25) is 4.79 Å². The fourth-order valence-electron chi connectivity index (χ4n) is 2.97. The number of aromatic amines is 1. The largest absolute Gasteiger partial charge is 0.449 e. The molecule has 1 aromatic heterocycles. The lowest BCUT2D eigenvalue weighted by molar-refractivity contribution is -0.123. The number of rotatable bonds is 5. The van der Waals surface area contributed by atoms with Crippen molar-refractivity contribution in [1.29, 1.82) is 0 Å². The first kappa shape index (κ1) is 20.3. The van der Waals surface area contributed by atoms with E-state index in [2.05, 4.69) is 15.3 Å². The van der Waals surface area contributed by atoms with E-state index in [1.165, 1.54) is 0 Å². The molecule has 0 fully saturated rings. The van der Waals surface area contributed by atoms with Crippen LogP contribution in [0, 0.1) is 27.7 Å². The zero-order valence-electron chi connectivity index (χ0n) is 17.3. The molecule has 0 aliphatic heterocycles. The number of nitrogens with one attached hydrogen (secondary N) is 2. The molecule has 0 radical (unpaired) electrons. The van der Waals surface area contributed by atoms with Crippen LogP contribution < -0.4 is 5.32 Å².